The number of hydrogen-bond acceptors (Lipinski definition) is 3. The standard InChI is InChI=1S/C17H25N3O2/c21-12-9-13-3-2-10-20(11-8-13)17(22)19-16-7-6-14-4-1-5-15(14)18-16/h6-7,13,21H,1-5,8-12H2,(H,18,19,22). The molecule has 1 aliphatic carbocycles. The van der Waals surface area contributed by atoms with Gasteiger partial charge in [-0.05, 0) is 62.5 Å². The number of aliphatic hydroxyl groups is 1. The van der Waals surface area contributed by atoms with Crippen molar-refractivity contribution in [2.24, 2.45) is 5.92 Å². The van der Waals surface area contributed by atoms with Crippen molar-refractivity contribution in [2.75, 3.05) is 25.0 Å². The van der Waals surface area contributed by atoms with Crippen LogP contribution in [0, 0.1) is 5.92 Å². The van der Waals surface area contributed by atoms with Crippen LogP contribution in [0.3, 0.4) is 0 Å². The average Bonchev–Trinajstić information content (AvgIpc) is 2.85. The van der Waals surface area contributed by atoms with E-state index in [-0.39, 0.29) is 12.6 Å². The summed E-state index contributed by atoms with van der Waals surface area (Å²) in [5.74, 6) is 1.21. The topological polar surface area (TPSA) is 65.5 Å². The summed E-state index contributed by atoms with van der Waals surface area (Å²) in [6.45, 7) is 1.80. The third-order valence-corrected chi connectivity index (χ3v) is 4.84. The Hall–Kier alpha value is -1.62. The number of pyridine rings is 1. The zero-order valence-electron chi connectivity index (χ0n) is 13.1. The van der Waals surface area contributed by atoms with Crippen LogP contribution in [0.25, 0.3) is 0 Å². The molecule has 0 bridgehead atoms. The summed E-state index contributed by atoms with van der Waals surface area (Å²) in [5.41, 5.74) is 2.45. The molecular formula is C17H25N3O2. The Balaban J connectivity index is 1.57. The second kappa shape index (κ2) is 7.09. The molecule has 2 amide bonds. The summed E-state index contributed by atoms with van der Waals surface area (Å²) < 4.78 is 0. The summed E-state index contributed by atoms with van der Waals surface area (Å²) in [5, 5.41) is 12.0. The predicted octanol–water partition coefficient (Wildman–Crippen LogP) is 2.59. The van der Waals surface area contributed by atoms with E-state index in [0.29, 0.717) is 11.7 Å². The highest BCUT2D eigenvalue weighted by atomic mass is 16.3. The van der Waals surface area contributed by atoms with Gasteiger partial charge in [0.15, 0.2) is 0 Å². The fraction of sp³-hybridized carbons (Fsp3) is 0.647. The number of aromatic nitrogens is 1. The minimum absolute atomic E-state index is 0.0462. The van der Waals surface area contributed by atoms with Crippen LogP contribution in [-0.2, 0) is 12.8 Å². The van der Waals surface area contributed by atoms with E-state index in [1.54, 1.807) is 0 Å². The van der Waals surface area contributed by atoms with E-state index in [4.69, 9.17) is 5.11 Å². The van der Waals surface area contributed by atoms with Gasteiger partial charge in [-0.1, -0.05) is 6.07 Å². The second-order valence-corrected chi connectivity index (χ2v) is 6.38. The molecule has 0 aromatic carbocycles. The van der Waals surface area contributed by atoms with Crippen molar-refractivity contribution in [1.82, 2.24) is 9.88 Å². The first kappa shape index (κ1) is 15.3. The number of fused-ring (bicyclic) bond motifs is 1. The molecule has 1 aromatic heterocycles. The summed E-state index contributed by atoms with van der Waals surface area (Å²) in [7, 11) is 0. The molecule has 2 N–H and O–H groups in total. The lowest BCUT2D eigenvalue weighted by Gasteiger charge is -2.21. The number of rotatable bonds is 3. The predicted molar refractivity (Wildman–Crippen MR) is 85.9 cm³/mol. The average molecular weight is 303 g/mol. The van der Waals surface area contributed by atoms with Crippen LogP contribution < -0.4 is 5.32 Å². The molecule has 22 heavy (non-hydrogen) atoms. The molecule has 5 heteroatoms. The van der Waals surface area contributed by atoms with Gasteiger partial charge in [-0.3, -0.25) is 5.32 Å². The smallest absolute Gasteiger partial charge is 0.323 e. The Morgan fingerprint density at radius 1 is 1.27 bits per heavy atom. The maximum atomic E-state index is 12.4. The van der Waals surface area contributed by atoms with Crippen molar-refractivity contribution in [3.05, 3.63) is 23.4 Å². The first-order chi connectivity index (χ1) is 10.8. The van der Waals surface area contributed by atoms with E-state index in [0.717, 1.165) is 63.7 Å². The third-order valence-electron chi connectivity index (χ3n) is 4.84. The molecule has 5 nitrogen and oxygen atoms in total. The lowest BCUT2D eigenvalue weighted by Crippen LogP contribution is -2.36. The largest absolute Gasteiger partial charge is 0.396 e. The third kappa shape index (κ3) is 3.58. The van der Waals surface area contributed by atoms with E-state index in [1.807, 2.05) is 11.0 Å². The van der Waals surface area contributed by atoms with Gasteiger partial charge in [0.05, 0.1) is 0 Å². The Morgan fingerprint density at radius 2 is 2.18 bits per heavy atom. The van der Waals surface area contributed by atoms with Gasteiger partial charge in [0.25, 0.3) is 0 Å². The van der Waals surface area contributed by atoms with Crippen molar-refractivity contribution < 1.29 is 9.90 Å². The number of anilines is 1. The van der Waals surface area contributed by atoms with E-state index < -0.39 is 0 Å². The van der Waals surface area contributed by atoms with Crippen LogP contribution in [0.5, 0.6) is 0 Å². The fourth-order valence-corrected chi connectivity index (χ4v) is 3.52. The minimum Gasteiger partial charge on any atom is -0.396 e. The monoisotopic (exact) mass is 303 g/mol. The molecule has 1 saturated heterocycles. The van der Waals surface area contributed by atoms with Crippen molar-refractivity contribution in [2.45, 2.75) is 44.9 Å². The number of aryl methyl sites for hydroxylation is 2. The van der Waals surface area contributed by atoms with Gasteiger partial charge < -0.3 is 10.0 Å². The van der Waals surface area contributed by atoms with Gasteiger partial charge in [0, 0.05) is 25.4 Å². The SMILES string of the molecule is O=C(Nc1ccc2c(n1)CCC2)N1CCCC(CCO)CC1. The first-order valence-corrected chi connectivity index (χ1v) is 8.42. The Labute approximate surface area is 131 Å². The van der Waals surface area contributed by atoms with Crippen LogP contribution in [-0.4, -0.2) is 40.7 Å². The number of nitrogens with zero attached hydrogens (tertiary/aromatic N) is 2. The summed E-state index contributed by atoms with van der Waals surface area (Å²) >= 11 is 0. The molecule has 0 spiro atoms. The lowest BCUT2D eigenvalue weighted by atomic mass is 9.98. The molecule has 0 radical (unpaired) electrons. The van der Waals surface area contributed by atoms with Crippen LogP contribution >= 0.6 is 0 Å². The van der Waals surface area contributed by atoms with Crippen LogP contribution in [0.2, 0.25) is 0 Å². The maximum Gasteiger partial charge on any atom is 0.323 e. The van der Waals surface area contributed by atoms with Gasteiger partial charge >= 0.3 is 6.03 Å². The van der Waals surface area contributed by atoms with E-state index >= 15 is 0 Å². The molecule has 1 aliphatic heterocycles. The number of carbonyl (C=O) groups is 1. The van der Waals surface area contributed by atoms with Gasteiger partial charge in [0.2, 0.25) is 0 Å². The number of nitrogens with one attached hydrogen (secondary N) is 1. The van der Waals surface area contributed by atoms with E-state index in [2.05, 4.69) is 16.4 Å². The van der Waals surface area contributed by atoms with Crippen LogP contribution in [0.1, 0.15) is 43.4 Å². The quantitative estimate of drug-likeness (QED) is 0.902. The van der Waals surface area contributed by atoms with Crippen LogP contribution in [0.15, 0.2) is 12.1 Å². The van der Waals surface area contributed by atoms with Crippen molar-refractivity contribution >= 4 is 11.8 Å². The number of hydrogen-bond donors (Lipinski definition) is 2. The maximum absolute atomic E-state index is 12.4. The summed E-state index contributed by atoms with van der Waals surface area (Å²) in [4.78, 5) is 18.9. The molecule has 3 rings (SSSR count). The molecule has 1 unspecified atom stereocenters. The van der Waals surface area contributed by atoms with Crippen molar-refractivity contribution in [3.8, 4) is 0 Å². The van der Waals surface area contributed by atoms with Crippen molar-refractivity contribution in [3.63, 3.8) is 0 Å². The molecule has 1 fully saturated rings. The van der Waals surface area contributed by atoms with Gasteiger partial charge in [-0.25, -0.2) is 9.78 Å². The number of urea groups is 1. The molecular weight excluding hydrogens is 278 g/mol. The molecule has 2 heterocycles. The second-order valence-electron chi connectivity index (χ2n) is 6.38. The van der Waals surface area contributed by atoms with Gasteiger partial charge in [0.1, 0.15) is 5.82 Å². The summed E-state index contributed by atoms with van der Waals surface area (Å²) in [6, 6.07) is 3.95. The molecule has 2 aliphatic rings. The Morgan fingerprint density at radius 3 is 3.05 bits per heavy atom. The number of amides is 2. The molecule has 0 saturated carbocycles. The van der Waals surface area contributed by atoms with Gasteiger partial charge in [-0.15, -0.1) is 0 Å². The normalized spacial score (nSPS) is 21.3. The highest BCUT2D eigenvalue weighted by Gasteiger charge is 2.21. The number of likely N-dealkylation sites (tertiary alicyclic amines) is 1. The highest BCUT2D eigenvalue weighted by molar-refractivity contribution is 5.88. The lowest BCUT2D eigenvalue weighted by molar-refractivity contribution is 0.211. The Bertz CT molecular complexity index is 533. The Kier molecular flexibility index (Phi) is 4.93. The summed E-state index contributed by atoms with van der Waals surface area (Å²) in [6.07, 6.45) is 7.23. The first-order valence-electron chi connectivity index (χ1n) is 8.42. The van der Waals surface area contributed by atoms with Gasteiger partial charge in [-0.2, -0.15) is 0 Å². The minimum atomic E-state index is -0.0462. The van der Waals surface area contributed by atoms with E-state index in [1.165, 1.54) is 5.56 Å². The zero-order chi connectivity index (χ0) is 15.4. The zero-order valence-corrected chi connectivity index (χ0v) is 13.1. The number of aliphatic hydroxyl groups excluding tert-OH is 1. The number of carbonyl (C=O) groups excluding carboxylic acids is 1. The van der Waals surface area contributed by atoms with Crippen LogP contribution in [0.4, 0.5) is 10.6 Å². The molecule has 1 atom stereocenters. The molecule has 120 valence electrons. The van der Waals surface area contributed by atoms with E-state index in [9.17, 15) is 4.79 Å². The highest BCUT2D eigenvalue weighted by Crippen LogP contribution is 2.23. The fourth-order valence-electron chi connectivity index (χ4n) is 3.52. The van der Waals surface area contributed by atoms with Crippen molar-refractivity contribution in [1.29, 1.82) is 0 Å². The molecule has 1 aromatic rings.